The second kappa shape index (κ2) is 52.8. The van der Waals surface area contributed by atoms with Crippen LogP contribution in [-0.2, 0) is 0 Å². The maximum Gasteiger partial charge on any atom is 1.00 e. The fourth-order valence-corrected chi connectivity index (χ4v) is 17.5. The average Bonchev–Trinajstić information content (AvgIpc) is 1.69. The zero-order chi connectivity index (χ0) is 94.1. The number of nitrogens with zero attached hydrogens (tertiary/aromatic N) is 27. The normalized spacial score (nSPS) is 12.8. The summed E-state index contributed by atoms with van der Waals surface area (Å²) in [7, 11) is 0. The average molecular weight is 2210 g/mol. The molecular weight excluding hydrogens is 2130 g/mol. The predicted octanol–water partition coefficient (Wildman–Crippen LogP) is 23.3. The molecule has 6 unspecified atom stereocenters. The molecule has 2 fully saturated rings. The Labute approximate surface area is 859 Å². The SMILES string of the molecule is C#CC1CC1.CC(N)c1ccc(Br)cn1.CC(N)c1ccc(Br)cn1.CC(Nc1ncnc2sccc12)c1ccc(-n2cc(C3CC3)nn2)cn1.CC(Nc1ncnc2sccc12)c1ccc(Br)cn1.CC(Nc1ncnc2sccc12)c1ccc(Br)cn1.CC(Nc1ncnc2sccc12)c1ccc(N=[N+]=[N-])cn1.Clc1ncnc2sccc12.Clc1ncnc2sccc12.[N-]=[N+]=[N-].[Na+]. The standard InChI is InChI=1S/C18H17N7S.2C13H11BrN4S.C13H11N7S.2C7H9BrN2.2C6H3ClN2S.C5H6.N3.Na/c1-11(22-17-14-6-7-26-18(14)21-10-20-17)15-5-4-13(8-19-15)25-9-16(23-24-25)12-2-3-12;2*1-8(11-3-2-9(14)6-15-11)18-12-10-4-5-19-13(10)17-7-16-12;1-8(11-3-2-9(6-15-11)19-20-14)18-12-10-4-5-21-13(10)17-7-16-12;2*1-5(9)7-3-2-6(8)4-10-7;2*7-5-4-1-2-10-6(4)9-3-8-5;1-2-5-3-4-5;1-3-2;/h4-12H,2-3H2,1H3,(H,20,21,22);2*2-8H,1H3,(H,16,17,18);2-8H,1H3,(H,16,17,18);2*2-5H,9H2,1H3;2*1-3H;1,5H,3-4H2;;/q;;;;;;;;;-1;+1. The number of hydrogen-bond acceptors (Lipinski definition) is 33. The van der Waals surface area contributed by atoms with E-state index in [1.165, 1.54) is 43.2 Å². The molecule has 0 aliphatic heterocycles. The van der Waals surface area contributed by atoms with E-state index in [9.17, 15) is 0 Å². The summed E-state index contributed by atoms with van der Waals surface area (Å²) < 4.78 is 5.71. The molecule has 19 heterocycles. The number of nitrogens with one attached hydrogen (secondary N) is 4. The van der Waals surface area contributed by atoms with Crippen LogP contribution in [0.1, 0.15) is 149 Å². The minimum absolute atomic E-state index is 0. The van der Waals surface area contributed by atoms with Gasteiger partial charge in [0.1, 0.15) is 101 Å². The largest absolute Gasteiger partial charge is 1.00 e. The zero-order valence-corrected chi connectivity index (χ0v) is 87.1. The van der Waals surface area contributed by atoms with Gasteiger partial charge < -0.3 is 43.8 Å². The van der Waals surface area contributed by atoms with Gasteiger partial charge in [-0.2, -0.15) is 0 Å². The molecule has 46 heteroatoms. The number of pyridine rings is 6. The Morgan fingerprint density at radius 2 is 0.701 bits per heavy atom. The third kappa shape index (κ3) is 31.1. The van der Waals surface area contributed by atoms with Crippen molar-refractivity contribution in [3.8, 4) is 18.0 Å². The number of aromatic nitrogens is 21. The van der Waals surface area contributed by atoms with Crippen LogP contribution in [0.5, 0.6) is 0 Å². The van der Waals surface area contributed by atoms with E-state index in [0.717, 1.165) is 148 Å². The van der Waals surface area contributed by atoms with Crippen molar-refractivity contribution in [2.45, 2.75) is 109 Å². The molecule has 0 amide bonds. The van der Waals surface area contributed by atoms with Gasteiger partial charge in [0.25, 0.3) is 0 Å². The molecule has 676 valence electrons. The maximum absolute atomic E-state index is 8.38. The van der Waals surface area contributed by atoms with Gasteiger partial charge in [-0.25, -0.2) is 64.5 Å². The number of azide groups is 1. The summed E-state index contributed by atoms with van der Waals surface area (Å²) in [6.45, 7) is 12.0. The van der Waals surface area contributed by atoms with E-state index in [-0.39, 0.29) is 65.8 Å². The first-order chi connectivity index (χ1) is 64.5. The molecule has 19 aromatic heterocycles. The second-order valence-corrected chi connectivity index (χ2v) is 38.4. The van der Waals surface area contributed by atoms with E-state index < -0.39 is 0 Å². The quantitative estimate of drug-likeness (QED) is 0.0123. The van der Waals surface area contributed by atoms with Gasteiger partial charge >= 0.3 is 29.6 Å². The molecule has 2 saturated carbocycles. The Kier molecular flexibility index (Phi) is 40.8. The summed E-state index contributed by atoms with van der Waals surface area (Å²) in [6.07, 6.45) is 31.7. The van der Waals surface area contributed by atoms with Gasteiger partial charge in [-0.15, -0.1) is 85.5 Å². The minimum atomic E-state index is -0.0249. The predicted molar refractivity (Wildman–Crippen MR) is 551 cm³/mol. The van der Waals surface area contributed by atoms with Crippen molar-refractivity contribution in [1.29, 1.82) is 0 Å². The number of fused-ring (bicyclic) bond motifs is 6. The van der Waals surface area contributed by atoms with Gasteiger partial charge in [-0.1, -0.05) is 33.5 Å². The number of hydrogen-bond donors (Lipinski definition) is 6. The van der Waals surface area contributed by atoms with Crippen molar-refractivity contribution < 1.29 is 29.6 Å². The van der Waals surface area contributed by atoms with Crippen LogP contribution in [0.15, 0.2) is 246 Å². The number of rotatable bonds is 17. The summed E-state index contributed by atoms with van der Waals surface area (Å²) in [5, 5.41) is 44.5. The Bertz CT molecular complexity index is 6770. The van der Waals surface area contributed by atoms with Crippen molar-refractivity contribution in [3.63, 3.8) is 0 Å². The summed E-state index contributed by atoms with van der Waals surface area (Å²) in [4.78, 5) is 85.9. The molecule has 0 bridgehead atoms. The Morgan fingerprint density at radius 3 is 0.963 bits per heavy atom. The van der Waals surface area contributed by atoms with Gasteiger partial charge in [-0.05, 0) is 278 Å². The monoisotopic (exact) mass is 2200 g/mol. The van der Waals surface area contributed by atoms with E-state index in [0.29, 0.717) is 27.8 Å². The summed E-state index contributed by atoms with van der Waals surface area (Å²) >= 11 is 34.4. The van der Waals surface area contributed by atoms with Crippen molar-refractivity contribution in [3.05, 3.63) is 317 Å². The van der Waals surface area contributed by atoms with Crippen LogP contribution >= 0.6 is 155 Å². The van der Waals surface area contributed by atoms with Crippen LogP contribution in [0.2, 0.25) is 10.3 Å². The fourth-order valence-electron chi connectivity index (χ4n) is 11.6. The van der Waals surface area contributed by atoms with Crippen molar-refractivity contribution >= 4 is 245 Å². The third-order valence-electron chi connectivity index (χ3n) is 18.9. The maximum atomic E-state index is 8.38. The first-order valence-electron chi connectivity index (χ1n) is 40.3. The van der Waals surface area contributed by atoms with E-state index in [2.05, 4.69) is 222 Å². The fraction of sp³-hybridized carbons (Fsp3) is 0.205. The van der Waals surface area contributed by atoms with E-state index >= 15 is 0 Å². The second-order valence-electron chi connectivity index (χ2n) is 28.7. The van der Waals surface area contributed by atoms with Crippen LogP contribution in [0.4, 0.5) is 29.0 Å². The van der Waals surface area contributed by atoms with E-state index in [4.69, 9.17) is 57.7 Å². The molecule has 0 aromatic carbocycles. The van der Waals surface area contributed by atoms with Gasteiger partial charge in [0.2, 0.25) is 0 Å². The summed E-state index contributed by atoms with van der Waals surface area (Å²) in [5.74, 6) is 7.22. The van der Waals surface area contributed by atoms with Crippen molar-refractivity contribution in [1.82, 2.24) is 105 Å². The number of halogens is 6. The number of thiophene rings is 6. The molecule has 21 rings (SSSR count). The molecule has 8 N–H and O–H groups in total. The van der Waals surface area contributed by atoms with Gasteiger partial charge in [0.15, 0.2) is 0 Å². The minimum Gasteiger partial charge on any atom is -0.373 e. The van der Waals surface area contributed by atoms with E-state index in [1.807, 2.05) is 169 Å². The molecule has 2 aliphatic rings. The number of terminal acetylenes is 1. The smallest absolute Gasteiger partial charge is 0.373 e. The summed E-state index contributed by atoms with van der Waals surface area (Å²) in [5.41, 5.74) is 41.1. The Morgan fingerprint density at radius 1 is 0.403 bits per heavy atom. The first-order valence-corrected chi connectivity index (χ1v) is 49.5. The molecule has 6 atom stereocenters. The first kappa shape index (κ1) is 104. The Balaban J connectivity index is 0.000000149. The molecule has 0 saturated heterocycles. The van der Waals surface area contributed by atoms with Crippen LogP contribution in [0.3, 0.4) is 0 Å². The molecule has 19 aromatic rings. The van der Waals surface area contributed by atoms with E-state index in [1.54, 1.807) is 135 Å². The molecule has 33 nitrogen and oxygen atoms in total. The third-order valence-corrected chi connectivity index (χ3v) is 26.3. The van der Waals surface area contributed by atoms with Crippen molar-refractivity contribution in [2.75, 3.05) is 21.3 Å². The molecular formula is C88H80Br4Cl2N33NaS6. The molecule has 0 radical (unpaired) electrons. The van der Waals surface area contributed by atoms with Gasteiger partial charge in [0, 0.05) is 88.5 Å². The van der Waals surface area contributed by atoms with Crippen LogP contribution < -0.4 is 62.3 Å². The zero-order valence-electron chi connectivity index (χ0n) is 72.3. The molecule has 134 heavy (non-hydrogen) atoms. The topological polar surface area (TPSA) is 470 Å². The Hall–Kier alpha value is -10.9. The van der Waals surface area contributed by atoms with Crippen LogP contribution in [0, 0.1) is 18.3 Å². The van der Waals surface area contributed by atoms with Gasteiger partial charge in [-0.3, -0.25) is 34.8 Å². The number of anilines is 4. The van der Waals surface area contributed by atoms with Crippen LogP contribution in [0.25, 0.3) is 93.4 Å². The van der Waals surface area contributed by atoms with Crippen LogP contribution in [-0.4, -0.2) is 105 Å². The number of nitrogens with two attached hydrogens (primary N) is 2. The molecule has 2 aliphatic carbocycles. The van der Waals surface area contributed by atoms with Crippen molar-refractivity contribution in [2.24, 2.45) is 22.5 Å². The molecule has 0 spiro atoms. The van der Waals surface area contributed by atoms with Gasteiger partial charge in [0.05, 0.1) is 109 Å². The summed E-state index contributed by atoms with van der Waals surface area (Å²) in [6, 6.07) is 35.4.